The molecule has 0 aromatic carbocycles. The van der Waals surface area contributed by atoms with Gasteiger partial charge in [-0.05, 0) is 18.1 Å². The van der Waals surface area contributed by atoms with Gasteiger partial charge in [0.2, 0.25) is 0 Å². The number of aromatic nitrogens is 4. The Kier molecular flexibility index (Phi) is 6.43. The molecule has 0 radical (unpaired) electrons. The van der Waals surface area contributed by atoms with E-state index in [1.54, 1.807) is 19.1 Å². The van der Waals surface area contributed by atoms with Crippen LogP contribution in [0, 0.1) is 12.8 Å². The number of hydrogen-bond acceptors (Lipinski definition) is 7. The highest BCUT2D eigenvalue weighted by Crippen LogP contribution is 2.36. The zero-order valence-electron chi connectivity index (χ0n) is 18.7. The molecule has 1 fully saturated rings. The van der Waals surface area contributed by atoms with E-state index in [4.69, 9.17) is 4.42 Å². The van der Waals surface area contributed by atoms with E-state index in [-0.39, 0.29) is 29.7 Å². The molecule has 0 saturated carbocycles. The first-order valence-corrected chi connectivity index (χ1v) is 10.6. The predicted octanol–water partition coefficient (Wildman–Crippen LogP) is 4.45. The summed E-state index contributed by atoms with van der Waals surface area (Å²) in [7, 11) is 0. The van der Waals surface area contributed by atoms with Gasteiger partial charge < -0.3 is 14.6 Å². The molecule has 3 aromatic heterocycles. The Bertz CT molecular complexity index is 1180. The van der Waals surface area contributed by atoms with Gasteiger partial charge in [-0.25, -0.2) is 23.7 Å². The molecular formula is C22H21F5N6O2. The normalized spacial score (nSPS) is 20.0. The van der Waals surface area contributed by atoms with Crippen molar-refractivity contribution in [2.24, 2.45) is 5.92 Å². The predicted molar refractivity (Wildman–Crippen MR) is 114 cm³/mol. The fraction of sp³-hybridized carbons (Fsp3) is 0.409. The molecule has 2 unspecified atom stereocenters. The first kappa shape index (κ1) is 24.5. The quantitative estimate of drug-likeness (QED) is 0.521. The van der Waals surface area contributed by atoms with Gasteiger partial charge in [-0.3, -0.25) is 9.78 Å². The van der Waals surface area contributed by atoms with Crippen LogP contribution in [0.15, 0.2) is 41.3 Å². The van der Waals surface area contributed by atoms with E-state index in [0.29, 0.717) is 11.8 Å². The molecule has 2 atom stereocenters. The van der Waals surface area contributed by atoms with Crippen LogP contribution < -0.4 is 5.32 Å². The van der Waals surface area contributed by atoms with E-state index in [0.717, 1.165) is 11.1 Å². The Labute approximate surface area is 196 Å². The number of rotatable bonds is 5. The van der Waals surface area contributed by atoms with E-state index in [9.17, 15) is 26.7 Å². The number of alkyl halides is 5. The van der Waals surface area contributed by atoms with Gasteiger partial charge in [-0.15, -0.1) is 0 Å². The lowest BCUT2D eigenvalue weighted by atomic mass is 9.88. The van der Waals surface area contributed by atoms with E-state index in [1.807, 2.05) is 0 Å². The van der Waals surface area contributed by atoms with Gasteiger partial charge >= 0.3 is 6.18 Å². The molecule has 8 nitrogen and oxygen atoms in total. The second kappa shape index (κ2) is 9.19. The highest BCUT2D eigenvalue weighted by atomic mass is 19.4. The van der Waals surface area contributed by atoms with Crippen molar-refractivity contribution in [1.29, 1.82) is 0 Å². The van der Waals surface area contributed by atoms with Crippen LogP contribution >= 0.6 is 0 Å². The van der Waals surface area contributed by atoms with Crippen LogP contribution in [-0.2, 0) is 6.18 Å². The van der Waals surface area contributed by atoms with E-state index >= 15 is 0 Å². The summed E-state index contributed by atoms with van der Waals surface area (Å²) < 4.78 is 72.8. The summed E-state index contributed by atoms with van der Waals surface area (Å²) in [5.41, 5.74) is -0.822. The fourth-order valence-corrected chi connectivity index (χ4v) is 4.05. The Morgan fingerprint density at radius 2 is 2.03 bits per heavy atom. The highest BCUT2D eigenvalue weighted by Gasteiger charge is 2.47. The second-order valence-corrected chi connectivity index (χ2v) is 8.36. The van der Waals surface area contributed by atoms with Gasteiger partial charge in [0, 0.05) is 37.8 Å². The Balaban J connectivity index is 1.60. The number of likely N-dealkylation sites (tertiary alicyclic amines) is 1. The number of nitrogens with zero attached hydrogens (tertiary/aromatic N) is 5. The number of carbonyl (C=O) groups is 1. The van der Waals surface area contributed by atoms with Crippen LogP contribution in [-0.4, -0.2) is 55.8 Å². The van der Waals surface area contributed by atoms with Gasteiger partial charge in [-0.2, -0.15) is 13.2 Å². The Morgan fingerprint density at radius 3 is 2.66 bits per heavy atom. The monoisotopic (exact) mass is 496 g/mol. The molecule has 186 valence electrons. The van der Waals surface area contributed by atoms with Crippen LogP contribution in [0.4, 0.5) is 27.8 Å². The molecule has 4 heterocycles. The van der Waals surface area contributed by atoms with Crippen LogP contribution in [0.3, 0.4) is 0 Å². The maximum atomic E-state index is 14.5. The molecule has 4 rings (SSSR count). The minimum Gasteiger partial charge on any atom is -0.440 e. The van der Waals surface area contributed by atoms with Crippen molar-refractivity contribution in [1.82, 2.24) is 24.8 Å². The largest absolute Gasteiger partial charge is 0.440 e. The summed E-state index contributed by atoms with van der Waals surface area (Å²) in [6.07, 6.45) is -0.630. The zero-order valence-corrected chi connectivity index (χ0v) is 18.7. The molecular weight excluding hydrogens is 475 g/mol. The van der Waals surface area contributed by atoms with Crippen molar-refractivity contribution < 1.29 is 31.2 Å². The van der Waals surface area contributed by atoms with Crippen molar-refractivity contribution in [2.45, 2.75) is 38.4 Å². The number of hydrogen-bond donors (Lipinski definition) is 1. The molecule has 1 saturated heterocycles. The summed E-state index contributed by atoms with van der Waals surface area (Å²) in [5.74, 6) is -4.22. The van der Waals surface area contributed by atoms with Crippen molar-refractivity contribution >= 4 is 11.7 Å². The molecule has 0 bridgehead atoms. The topological polar surface area (TPSA) is 97.0 Å². The summed E-state index contributed by atoms with van der Waals surface area (Å²) in [4.78, 5) is 29.7. The number of pyridine rings is 1. The average Bonchev–Trinajstić information content (AvgIpc) is 3.19. The van der Waals surface area contributed by atoms with Crippen LogP contribution in [0.1, 0.15) is 35.4 Å². The summed E-state index contributed by atoms with van der Waals surface area (Å²) in [6, 6.07) is 2.56. The van der Waals surface area contributed by atoms with Crippen molar-refractivity contribution in [2.75, 3.05) is 18.4 Å². The van der Waals surface area contributed by atoms with E-state index in [2.05, 4.69) is 25.3 Å². The molecule has 0 spiro atoms. The highest BCUT2D eigenvalue weighted by molar-refractivity contribution is 5.98. The smallest absolute Gasteiger partial charge is 0.434 e. The van der Waals surface area contributed by atoms with E-state index < -0.39 is 48.6 Å². The first-order chi connectivity index (χ1) is 16.4. The number of piperidine rings is 1. The number of anilines is 1. The third-order valence-electron chi connectivity index (χ3n) is 5.64. The maximum absolute atomic E-state index is 14.5. The molecule has 1 aliphatic rings. The molecule has 13 heteroatoms. The fourth-order valence-electron chi connectivity index (χ4n) is 4.05. The number of amides is 1. The van der Waals surface area contributed by atoms with Gasteiger partial charge in [0.15, 0.2) is 23.0 Å². The maximum Gasteiger partial charge on any atom is 0.434 e. The third kappa shape index (κ3) is 5.38. The van der Waals surface area contributed by atoms with E-state index in [1.165, 1.54) is 19.3 Å². The van der Waals surface area contributed by atoms with Crippen LogP contribution in [0.25, 0.3) is 11.3 Å². The zero-order chi connectivity index (χ0) is 25.4. The third-order valence-corrected chi connectivity index (χ3v) is 5.64. The minimum atomic E-state index is -4.64. The number of nitrogens with one attached hydrogen (secondary N) is 1. The lowest BCUT2D eigenvalue weighted by Gasteiger charge is -2.43. The number of halogens is 5. The van der Waals surface area contributed by atoms with Gasteiger partial charge in [-0.1, -0.05) is 6.92 Å². The SMILES string of the molecule is Cc1nc(C(=O)N2CC(F)(F)CC(C)C2CNc2cnc(C(F)(F)F)cn2)c(-c2cccnc2)o1. The Hall–Kier alpha value is -3.64. The van der Waals surface area contributed by atoms with Gasteiger partial charge in [0.25, 0.3) is 11.8 Å². The number of aryl methyl sites for hydroxylation is 1. The average molecular weight is 496 g/mol. The number of carbonyl (C=O) groups excluding carboxylic acids is 1. The van der Waals surface area contributed by atoms with Crippen molar-refractivity contribution in [3.8, 4) is 11.3 Å². The van der Waals surface area contributed by atoms with Gasteiger partial charge in [0.05, 0.1) is 25.0 Å². The first-order valence-electron chi connectivity index (χ1n) is 10.6. The van der Waals surface area contributed by atoms with Crippen molar-refractivity contribution in [3.05, 3.63) is 54.2 Å². The summed E-state index contributed by atoms with van der Waals surface area (Å²) >= 11 is 0. The second-order valence-electron chi connectivity index (χ2n) is 8.36. The summed E-state index contributed by atoms with van der Waals surface area (Å²) in [5, 5.41) is 2.81. The Morgan fingerprint density at radius 1 is 1.26 bits per heavy atom. The molecule has 1 amide bonds. The number of oxazole rings is 1. The molecule has 0 aliphatic carbocycles. The molecule has 35 heavy (non-hydrogen) atoms. The lowest BCUT2D eigenvalue weighted by Crippen LogP contribution is -2.57. The van der Waals surface area contributed by atoms with Crippen molar-refractivity contribution in [3.63, 3.8) is 0 Å². The van der Waals surface area contributed by atoms with Crippen LogP contribution in [0.2, 0.25) is 0 Å². The minimum absolute atomic E-state index is 0.0169. The lowest BCUT2D eigenvalue weighted by molar-refractivity contribution is -0.141. The summed E-state index contributed by atoms with van der Waals surface area (Å²) in [6.45, 7) is 2.22. The van der Waals surface area contributed by atoms with Gasteiger partial charge in [0.1, 0.15) is 5.82 Å². The molecule has 3 aromatic rings. The van der Waals surface area contributed by atoms with Crippen LogP contribution in [0.5, 0.6) is 0 Å². The molecule has 1 N–H and O–H groups in total. The molecule has 1 aliphatic heterocycles. The standard InChI is InChI=1S/C22H21F5N6O2/c1-12-6-21(23,24)11-33(15(12)8-30-17-10-29-16(9-31-17)22(25,26)27)20(34)18-19(35-13(2)32-18)14-4-3-5-28-7-14/h3-5,7,9-10,12,15H,6,8,11H2,1-2H3,(H,30,31).